The van der Waals surface area contributed by atoms with E-state index in [0.29, 0.717) is 17.2 Å². The molecule has 30 heavy (non-hydrogen) atoms. The molecule has 2 aromatic rings. The Morgan fingerprint density at radius 3 is 3.03 bits per heavy atom. The third-order valence-electron chi connectivity index (χ3n) is 5.87. The van der Waals surface area contributed by atoms with Gasteiger partial charge in [0.05, 0.1) is 18.0 Å². The minimum absolute atomic E-state index is 0.0109. The van der Waals surface area contributed by atoms with E-state index in [1.807, 2.05) is 6.07 Å². The number of dihydropyridines is 1. The molecule has 156 valence electrons. The van der Waals surface area contributed by atoms with E-state index in [1.54, 1.807) is 12.2 Å². The summed E-state index contributed by atoms with van der Waals surface area (Å²) in [6, 6.07) is 8.33. The van der Waals surface area contributed by atoms with Crippen molar-refractivity contribution < 1.29 is 14.2 Å². The molecule has 3 unspecified atom stereocenters. The lowest BCUT2D eigenvalue weighted by molar-refractivity contribution is 0.125. The van der Waals surface area contributed by atoms with Crippen LogP contribution in [0.15, 0.2) is 28.0 Å². The van der Waals surface area contributed by atoms with Crippen LogP contribution in [0.25, 0.3) is 0 Å². The van der Waals surface area contributed by atoms with Gasteiger partial charge in [-0.25, -0.2) is 4.39 Å². The monoisotopic (exact) mass is 427 g/mol. The standard InChI is InChI=1S/C22H22FN3O3S/c23-14-4-8-19(24-11-14)26-9-1-2-16(12-26)29-15-5-7-17-13(10-15)3-6-18(17)20-21(27)25-22(28)30-20/h4,8,10,14,16,18,27H,1-3,6,9,11-12H2,(H,25,28). The van der Waals surface area contributed by atoms with Crippen LogP contribution in [0, 0.1) is 12.1 Å². The molecule has 0 spiro atoms. The van der Waals surface area contributed by atoms with Crippen molar-refractivity contribution in [2.75, 3.05) is 19.6 Å². The molecule has 2 aliphatic heterocycles. The Bertz CT molecular complexity index is 1060. The predicted octanol–water partition coefficient (Wildman–Crippen LogP) is 2.97. The maximum absolute atomic E-state index is 13.3. The second-order valence-corrected chi connectivity index (χ2v) is 8.93. The number of amidine groups is 1. The van der Waals surface area contributed by atoms with Gasteiger partial charge in [0.25, 0.3) is 0 Å². The summed E-state index contributed by atoms with van der Waals surface area (Å²) in [5.41, 5.74) is 2.09. The van der Waals surface area contributed by atoms with Gasteiger partial charge in [-0.15, -0.1) is 0 Å². The van der Waals surface area contributed by atoms with E-state index in [4.69, 9.17) is 4.74 Å². The minimum atomic E-state index is -0.986. The molecule has 1 saturated heterocycles. The van der Waals surface area contributed by atoms with Crippen molar-refractivity contribution in [2.24, 2.45) is 4.99 Å². The zero-order chi connectivity index (χ0) is 20.7. The molecule has 3 aliphatic rings. The minimum Gasteiger partial charge on any atom is -0.494 e. The van der Waals surface area contributed by atoms with E-state index < -0.39 is 6.17 Å². The molecule has 0 amide bonds. The lowest BCUT2D eigenvalue weighted by Gasteiger charge is -2.34. The summed E-state index contributed by atoms with van der Waals surface area (Å²) in [5.74, 6) is 1.42. The first-order valence-corrected chi connectivity index (χ1v) is 11.1. The van der Waals surface area contributed by atoms with Gasteiger partial charge in [-0.3, -0.25) is 14.8 Å². The van der Waals surface area contributed by atoms with Gasteiger partial charge in [-0.05, 0) is 55.5 Å². The van der Waals surface area contributed by atoms with Crippen LogP contribution in [0.1, 0.15) is 41.2 Å². The van der Waals surface area contributed by atoms with Crippen molar-refractivity contribution in [3.63, 3.8) is 0 Å². The van der Waals surface area contributed by atoms with E-state index in [9.17, 15) is 14.3 Å². The zero-order valence-electron chi connectivity index (χ0n) is 16.4. The lowest BCUT2D eigenvalue weighted by Crippen LogP contribution is -2.44. The summed E-state index contributed by atoms with van der Waals surface area (Å²) in [7, 11) is 0. The fourth-order valence-corrected chi connectivity index (χ4v) is 5.32. The summed E-state index contributed by atoms with van der Waals surface area (Å²) >= 11 is 1.05. The SMILES string of the molecule is O=c1[nH]c(O)c(C2CCc3cc(OC4CCCN(C5=NCC(F)C=C5)C4)c#cc32)s1. The average Bonchev–Trinajstić information content (AvgIpc) is 3.30. The number of aromatic amines is 1. The number of thiazole rings is 1. The summed E-state index contributed by atoms with van der Waals surface area (Å²) < 4.78 is 19.5. The molecule has 3 atom stereocenters. The number of aromatic hydroxyl groups is 1. The van der Waals surface area contributed by atoms with Crippen molar-refractivity contribution in [3.05, 3.63) is 56.0 Å². The number of H-pyrrole nitrogens is 1. The first-order chi connectivity index (χ1) is 14.6. The number of piperidine rings is 1. The van der Waals surface area contributed by atoms with Crippen molar-refractivity contribution in [1.29, 1.82) is 0 Å². The summed E-state index contributed by atoms with van der Waals surface area (Å²) in [4.78, 5) is 20.9. The van der Waals surface area contributed by atoms with E-state index in [1.165, 1.54) is 0 Å². The summed E-state index contributed by atoms with van der Waals surface area (Å²) in [5, 5.41) is 10.0. The highest BCUT2D eigenvalue weighted by Crippen LogP contribution is 2.42. The zero-order valence-corrected chi connectivity index (χ0v) is 17.2. The van der Waals surface area contributed by atoms with E-state index in [-0.39, 0.29) is 29.3 Å². The molecule has 3 heterocycles. The van der Waals surface area contributed by atoms with Crippen LogP contribution in [-0.4, -0.2) is 52.7 Å². The first kappa shape index (κ1) is 19.2. The number of likely N-dealkylation sites (tertiary alicyclic amines) is 1. The van der Waals surface area contributed by atoms with Crippen LogP contribution < -0.4 is 9.61 Å². The highest BCUT2D eigenvalue weighted by atomic mass is 32.1. The number of rotatable bonds is 3. The number of ether oxygens (including phenoxy) is 1. The smallest absolute Gasteiger partial charge is 0.307 e. The maximum atomic E-state index is 13.3. The van der Waals surface area contributed by atoms with Gasteiger partial charge in [0, 0.05) is 18.0 Å². The highest BCUT2D eigenvalue weighted by molar-refractivity contribution is 7.09. The molecule has 0 radical (unpaired) electrons. The van der Waals surface area contributed by atoms with Crippen LogP contribution in [0.4, 0.5) is 4.39 Å². The van der Waals surface area contributed by atoms with Gasteiger partial charge in [-0.1, -0.05) is 17.4 Å². The van der Waals surface area contributed by atoms with Crippen molar-refractivity contribution in [3.8, 4) is 11.6 Å². The Hall–Kier alpha value is -2.79. The van der Waals surface area contributed by atoms with Crippen molar-refractivity contribution in [1.82, 2.24) is 9.88 Å². The molecule has 5 rings (SSSR count). The molecular weight excluding hydrogens is 405 g/mol. The van der Waals surface area contributed by atoms with Gasteiger partial charge >= 0.3 is 4.87 Å². The third-order valence-corrected chi connectivity index (χ3v) is 6.86. The number of fused-ring (bicyclic) bond motifs is 1. The van der Waals surface area contributed by atoms with Gasteiger partial charge in [0.1, 0.15) is 18.1 Å². The number of aryl methyl sites for hydroxylation is 1. The quantitative estimate of drug-likeness (QED) is 0.790. The Morgan fingerprint density at radius 2 is 2.27 bits per heavy atom. The second kappa shape index (κ2) is 7.80. The molecule has 1 aliphatic carbocycles. The second-order valence-electron chi connectivity index (χ2n) is 7.92. The predicted molar refractivity (Wildman–Crippen MR) is 112 cm³/mol. The molecule has 0 bridgehead atoms. The Labute approximate surface area is 177 Å². The third kappa shape index (κ3) is 3.70. The number of alkyl halides is 1. The van der Waals surface area contributed by atoms with Gasteiger partial charge in [0.2, 0.25) is 5.88 Å². The van der Waals surface area contributed by atoms with Crippen LogP contribution in [-0.2, 0) is 6.42 Å². The fraction of sp³-hybridized carbons (Fsp3) is 0.455. The van der Waals surface area contributed by atoms with E-state index >= 15 is 0 Å². The number of nitrogens with one attached hydrogen (secondary N) is 1. The topological polar surface area (TPSA) is 77.9 Å². The van der Waals surface area contributed by atoms with Crippen molar-refractivity contribution in [2.45, 2.75) is 43.9 Å². The molecule has 1 aromatic carbocycles. The Balaban J connectivity index is 1.28. The first-order valence-electron chi connectivity index (χ1n) is 10.2. The number of hydrogen-bond donors (Lipinski definition) is 2. The number of hydrogen-bond acceptors (Lipinski definition) is 6. The van der Waals surface area contributed by atoms with Gasteiger partial charge < -0.3 is 14.7 Å². The summed E-state index contributed by atoms with van der Waals surface area (Å²) in [6.45, 7) is 1.79. The van der Waals surface area contributed by atoms with E-state index in [2.05, 4.69) is 27.0 Å². The Kier molecular flexibility index (Phi) is 4.99. The number of aromatic nitrogens is 1. The molecular formula is C22H22FN3O3S. The molecule has 6 nitrogen and oxygen atoms in total. The molecule has 1 aromatic heterocycles. The van der Waals surface area contributed by atoms with Crippen LogP contribution in [0.3, 0.4) is 0 Å². The number of aliphatic imine (C=N–C) groups is 1. The highest BCUT2D eigenvalue weighted by Gasteiger charge is 2.30. The number of nitrogens with zero attached hydrogens (tertiary/aromatic N) is 2. The van der Waals surface area contributed by atoms with E-state index in [0.717, 1.165) is 60.5 Å². The van der Waals surface area contributed by atoms with Gasteiger partial charge in [-0.2, -0.15) is 0 Å². The molecule has 0 saturated carbocycles. The fourth-order valence-electron chi connectivity index (χ4n) is 4.45. The van der Waals surface area contributed by atoms with Crippen molar-refractivity contribution >= 4 is 17.2 Å². The summed E-state index contributed by atoms with van der Waals surface area (Å²) in [6.07, 6.45) is 5.94. The largest absolute Gasteiger partial charge is 0.494 e. The molecule has 1 fully saturated rings. The lowest BCUT2D eigenvalue weighted by atomic mass is 10.0. The van der Waals surface area contributed by atoms with Crippen LogP contribution in [0.2, 0.25) is 0 Å². The normalized spacial score (nSPS) is 25.6. The van der Waals surface area contributed by atoms with Crippen LogP contribution >= 0.6 is 11.3 Å². The average molecular weight is 428 g/mol. The maximum Gasteiger partial charge on any atom is 0.307 e. The van der Waals surface area contributed by atoms with Crippen LogP contribution in [0.5, 0.6) is 11.6 Å². The molecule has 8 heteroatoms. The number of halogens is 1. The Morgan fingerprint density at radius 1 is 1.37 bits per heavy atom. The molecule has 2 N–H and O–H groups in total. The van der Waals surface area contributed by atoms with Gasteiger partial charge in [0.15, 0.2) is 5.75 Å².